The van der Waals surface area contributed by atoms with Gasteiger partial charge in [-0.25, -0.2) is 5.01 Å². The molecule has 1 heterocycles. The fourth-order valence-corrected chi connectivity index (χ4v) is 3.90. The lowest BCUT2D eigenvalue weighted by molar-refractivity contribution is -0.122. The molecule has 0 spiro atoms. The van der Waals surface area contributed by atoms with Crippen molar-refractivity contribution in [3.8, 4) is 0 Å². The molecule has 0 saturated heterocycles. The molecule has 0 unspecified atom stereocenters. The molecule has 7 nitrogen and oxygen atoms in total. The lowest BCUT2D eigenvalue weighted by Crippen LogP contribution is -2.28. The Kier molecular flexibility index (Phi) is 11.8. The van der Waals surface area contributed by atoms with Crippen LogP contribution in [-0.4, -0.2) is 41.5 Å². The van der Waals surface area contributed by atoms with Crippen LogP contribution < -0.4 is 16.5 Å². The summed E-state index contributed by atoms with van der Waals surface area (Å²) in [6.07, 6.45) is 8.44. The minimum atomic E-state index is 0.0650. The first-order chi connectivity index (χ1) is 15.5. The SMILES string of the molecule is CCCCCCC(=O)NCCCCCNC(=O)CCn1c(CN(C)N)cc2ccccc21. The highest BCUT2D eigenvalue weighted by molar-refractivity contribution is 5.82. The molecule has 0 atom stereocenters. The molecule has 2 amide bonds. The number of nitrogens with two attached hydrogens (primary N) is 1. The van der Waals surface area contributed by atoms with E-state index < -0.39 is 0 Å². The van der Waals surface area contributed by atoms with Crippen LogP contribution >= 0.6 is 0 Å². The zero-order chi connectivity index (χ0) is 23.2. The molecule has 1 aromatic carbocycles. The number of hydrazine groups is 1. The van der Waals surface area contributed by atoms with Crippen LogP contribution in [0, 0.1) is 0 Å². The highest BCUT2D eigenvalue weighted by atomic mass is 16.2. The Morgan fingerprint density at radius 3 is 2.28 bits per heavy atom. The lowest BCUT2D eigenvalue weighted by atomic mass is 10.1. The molecule has 0 radical (unpaired) electrons. The summed E-state index contributed by atoms with van der Waals surface area (Å²) in [7, 11) is 1.84. The van der Waals surface area contributed by atoms with Crippen LogP contribution in [0.5, 0.6) is 0 Å². The number of carbonyl (C=O) groups is 2. The maximum Gasteiger partial charge on any atom is 0.221 e. The van der Waals surface area contributed by atoms with Gasteiger partial charge in [-0.15, -0.1) is 0 Å². The van der Waals surface area contributed by atoms with Crippen molar-refractivity contribution in [3.05, 3.63) is 36.0 Å². The minimum Gasteiger partial charge on any atom is -0.356 e. The third-order valence-electron chi connectivity index (χ3n) is 5.63. The van der Waals surface area contributed by atoms with Gasteiger partial charge in [0, 0.05) is 50.7 Å². The standard InChI is InChI=1S/C25H41N5O2/c1-3-4-5-7-14-24(31)27-16-10-6-11-17-28-25(32)15-18-30-22(20-29(2)26)19-21-12-8-9-13-23(21)30/h8-9,12-13,19H,3-7,10-11,14-18,20,26H2,1-2H3,(H,27,31)(H,28,32). The van der Waals surface area contributed by atoms with Gasteiger partial charge in [0.15, 0.2) is 0 Å². The quantitative estimate of drug-likeness (QED) is 0.209. The van der Waals surface area contributed by atoms with E-state index in [9.17, 15) is 9.59 Å². The number of nitrogens with one attached hydrogen (secondary N) is 2. The summed E-state index contributed by atoms with van der Waals surface area (Å²) in [5.74, 6) is 6.08. The van der Waals surface area contributed by atoms with Crippen molar-refractivity contribution < 1.29 is 9.59 Å². The van der Waals surface area contributed by atoms with Gasteiger partial charge in [-0.2, -0.15) is 0 Å². The number of aryl methyl sites for hydroxylation is 1. The predicted molar refractivity (Wildman–Crippen MR) is 131 cm³/mol. The Hall–Kier alpha value is -2.38. The first-order valence-electron chi connectivity index (χ1n) is 12.1. The largest absolute Gasteiger partial charge is 0.356 e. The molecule has 0 aliphatic heterocycles. The van der Waals surface area contributed by atoms with Crippen LogP contribution in [0.1, 0.15) is 70.4 Å². The van der Waals surface area contributed by atoms with Crippen molar-refractivity contribution in [2.45, 2.75) is 77.8 Å². The Morgan fingerprint density at radius 2 is 1.59 bits per heavy atom. The summed E-state index contributed by atoms with van der Waals surface area (Å²) in [5, 5.41) is 8.82. The molecular formula is C25H41N5O2. The number of nitrogens with zero attached hydrogens (tertiary/aromatic N) is 2. The molecule has 2 rings (SSSR count). The number of amides is 2. The summed E-state index contributed by atoms with van der Waals surface area (Å²) >= 11 is 0. The Bertz CT molecular complexity index is 831. The molecule has 0 bridgehead atoms. The third kappa shape index (κ3) is 9.40. The molecular weight excluding hydrogens is 402 g/mol. The number of fused-ring (bicyclic) bond motifs is 1. The summed E-state index contributed by atoms with van der Waals surface area (Å²) in [4.78, 5) is 24.1. The first kappa shape index (κ1) is 25.9. The van der Waals surface area contributed by atoms with Crippen LogP contribution in [0.3, 0.4) is 0 Å². The van der Waals surface area contributed by atoms with E-state index >= 15 is 0 Å². The number of hydrogen-bond donors (Lipinski definition) is 3. The molecule has 4 N–H and O–H groups in total. The molecule has 178 valence electrons. The smallest absolute Gasteiger partial charge is 0.221 e. The van der Waals surface area contributed by atoms with E-state index in [4.69, 9.17) is 5.84 Å². The fraction of sp³-hybridized carbons (Fsp3) is 0.600. The molecule has 1 aromatic heterocycles. The van der Waals surface area contributed by atoms with Crippen molar-refractivity contribution in [2.75, 3.05) is 20.1 Å². The number of hydrogen-bond acceptors (Lipinski definition) is 4. The van der Waals surface area contributed by atoms with Gasteiger partial charge in [0.25, 0.3) is 0 Å². The Morgan fingerprint density at radius 1 is 0.938 bits per heavy atom. The highest BCUT2D eigenvalue weighted by Crippen LogP contribution is 2.21. The number of benzene rings is 1. The number of para-hydroxylation sites is 1. The van der Waals surface area contributed by atoms with E-state index in [1.807, 2.05) is 19.2 Å². The van der Waals surface area contributed by atoms with Gasteiger partial charge in [0.05, 0.1) is 6.54 Å². The van der Waals surface area contributed by atoms with Crippen molar-refractivity contribution in [3.63, 3.8) is 0 Å². The third-order valence-corrected chi connectivity index (χ3v) is 5.63. The highest BCUT2D eigenvalue weighted by Gasteiger charge is 2.11. The average molecular weight is 444 g/mol. The van der Waals surface area contributed by atoms with Crippen LogP contribution in [0.2, 0.25) is 0 Å². The summed E-state index contributed by atoms with van der Waals surface area (Å²) in [6, 6.07) is 10.3. The minimum absolute atomic E-state index is 0.0650. The molecule has 0 fully saturated rings. The van der Waals surface area contributed by atoms with Crippen molar-refractivity contribution in [2.24, 2.45) is 5.84 Å². The normalized spacial score (nSPS) is 11.2. The number of unbranched alkanes of at least 4 members (excludes halogenated alkanes) is 5. The van der Waals surface area contributed by atoms with E-state index in [0.29, 0.717) is 32.5 Å². The van der Waals surface area contributed by atoms with Gasteiger partial charge in [-0.3, -0.25) is 15.4 Å². The molecule has 0 aliphatic rings. The number of rotatable bonds is 16. The van der Waals surface area contributed by atoms with E-state index in [2.05, 4.69) is 40.3 Å². The van der Waals surface area contributed by atoms with E-state index in [0.717, 1.165) is 55.2 Å². The summed E-state index contributed by atoms with van der Waals surface area (Å²) in [5.41, 5.74) is 2.24. The van der Waals surface area contributed by atoms with E-state index in [-0.39, 0.29) is 11.8 Å². The average Bonchev–Trinajstić information content (AvgIpc) is 3.10. The summed E-state index contributed by atoms with van der Waals surface area (Å²) < 4.78 is 2.18. The molecule has 32 heavy (non-hydrogen) atoms. The predicted octanol–water partition coefficient (Wildman–Crippen LogP) is 3.71. The van der Waals surface area contributed by atoms with Crippen molar-refractivity contribution in [1.29, 1.82) is 0 Å². The second-order valence-electron chi connectivity index (χ2n) is 8.58. The second-order valence-corrected chi connectivity index (χ2v) is 8.58. The number of aromatic nitrogens is 1. The Balaban J connectivity index is 1.61. The van der Waals surface area contributed by atoms with Crippen molar-refractivity contribution >= 4 is 22.7 Å². The van der Waals surface area contributed by atoms with E-state index in [1.54, 1.807) is 5.01 Å². The molecule has 0 aliphatic carbocycles. The zero-order valence-corrected chi connectivity index (χ0v) is 19.9. The van der Waals surface area contributed by atoms with Crippen LogP contribution in [0.25, 0.3) is 10.9 Å². The van der Waals surface area contributed by atoms with Crippen molar-refractivity contribution in [1.82, 2.24) is 20.2 Å². The monoisotopic (exact) mass is 443 g/mol. The maximum absolute atomic E-state index is 12.3. The number of carbonyl (C=O) groups excluding carboxylic acids is 2. The van der Waals surface area contributed by atoms with Gasteiger partial charge in [-0.1, -0.05) is 44.4 Å². The maximum atomic E-state index is 12.3. The topological polar surface area (TPSA) is 92.4 Å². The van der Waals surface area contributed by atoms with Crippen LogP contribution in [0.4, 0.5) is 0 Å². The first-order valence-corrected chi connectivity index (χ1v) is 12.1. The van der Waals surface area contributed by atoms with Gasteiger partial charge >= 0.3 is 0 Å². The zero-order valence-electron chi connectivity index (χ0n) is 19.9. The fourth-order valence-electron chi connectivity index (χ4n) is 3.90. The van der Waals surface area contributed by atoms with Gasteiger partial charge in [-0.05, 0) is 43.2 Å². The van der Waals surface area contributed by atoms with Gasteiger partial charge in [0.2, 0.25) is 11.8 Å². The van der Waals surface area contributed by atoms with Gasteiger partial charge < -0.3 is 15.2 Å². The summed E-state index contributed by atoms with van der Waals surface area (Å²) in [6.45, 7) is 4.83. The molecule has 0 saturated carbocycles. The molecule has 7 heteroatoms. The van der Waals surface area contributed by atoms with Crippen LogP contribution in [0.15, 0.2) is 30.3 Å². The van der Waals surface area contributed by atoms with E-state index in [1.165, 1.54) is 12.8 Å². The lowest BCUT2D eigenvalue weighted by Gasteiger charge is -2.14. The second kappa shape index (κ2) is 14.6. The molecule has 2 aromatic rings. The van der Waals surface area contributed by atoms with Gasteiger partial charge in [0.1, 0.15) is 0 Å². The van der Waals surface area contributed by atoms with Crippen LogP contribution in [-0.2, 0) is 22.7 Å². The Labute approximate surface area is 192 Å².